The molecular formula is C57H38N2O. The van der Waals surface area contributed by atoms with Crippen LogP contribution in [0.5, 0.6) is 0 Å². The molecule has 3 aromatic heterocycles. The van der Waals surface area contributed by atoms with Crippen molar-refractivity contribution in [1.29, 1.82) is 0 Å². The summed E-state index contributed by atoms with van der Waals surface area (Å²) in [5.41, 5.74) is 16.0. The van der Waals surface area contributed by atoms with Crippen molar-refractivity contribution in [3.05, 3.63) is 205 Å². The van der Waals surface area contributed by atoms with Gasteiger partial charge in [0.1, 0.15) is 11.2 Å². The van der Waals surface area contributed by atoms with Crippen LogP contribution in [0, 0.1) is 0 Å². The molecule has 60 heavy (non-hydrogen) atoms. The van der Waals surface area contributed by atoms with Gasteiger partial charge in [-0.05, 0) is 111 Å². The Balaban J connectivity index is 0.934. The summed E-state index contributed by atoms with van der Waals surface area (Å²) in [6, 6.07) is 56.5. The second-order valence-corrected chi connectivity index (χ2v) is 16.5. The zero-order valence-electron chi connectivity index (χ0n) is 37.9. The molecule has 0 aliphatic heterocycles. The Kier molecular flexibility index (Phi) is 5.84. The first-order chi connectivity index (χ1) is 31.6. The van der Waals surface area contributed by atoms with E-state index in [1.54, 1.807) is 12.1 Å². The van der Waals surface area contributed by atoms with Gasteiger partial charge in [0.25, 0.3) is 0 Å². The van der Waals surface area contributed by atoms with Crippen molar-refractivity contribution >= 4 is 65.6 Å². The largest absolute Gasteiger partial charge is 0.456 e. The fraction of sp³-hybridized carbons (Fsp3) is 0.0526. The first-order valence-electron chi connectivity index (χ1n) is 22.9. The van der Waals surface area contributed by atoms with Gasteiger partial charge in [-0.3, -0.25) is 0 Å². The minimum Gasteiger partial charge on any atom is -0.456 e. The van der Waals surface area contributed by atoms with Crippen LogP contribution in [0.2, 0.25) is 0 Å². The van der Waals surface area contributed by atoms with Gasteiger partial charge in [-0.25, -0.2) is 0 Å². The van der Waals surface area contributed by atoms with E-state index in [4.69, 9.17) is 11.3 Å². The molecular weight excluding hydrogens is 729 g/mol. The van der Waals surface area contributed by atoms with Crippen molar-refractivity contribution in [1.82, 2.24) is 9.13 Å². The van der Waals surface area contributed by atoms with Crippen LogP contribution in [0.25, 0.3) is 110 Å². The average Bonchev–Trinajstić information content (AvgIpc) is 4.05. The summed E-state index contributed by atoms with van der Waals surface area (Å²) in [4.78, 5) is 0. The highest BCUT2D eigenvalue weighted by molar-refractivity contribution is 6.15. The number of hydrogen-bond acceptors (Lipinski definition) is 1. The van der Waals surface area contributed by atoms with Crippen molar-refractivity contribution in [3.63, 3.8) is 0 Å². The molecule has 0 N–H and O–H groups in total. The van der Waals surface area contributed by atoms with E-state index in [1.807, 2.05) is 18.2 Å². The van der Waals surface area contributed by atoms with E-state index in [2.05, 4.69) is 156 Å². The van der Waals surface area contributed by atoms with Gasteiger partial charge in [0.2, 0.25) is 0 Å². The van der Waals surface area contributed by atoms with Gasteiger partial charge in [-0.1, -0.05) is 135 Å². The number of aromatic nitrogens is 2. The smallest absolute Gasteiger partial charge is 0.137 e. The van der Waals surface area contributed by atoms with E-state index in [0.717, 1.165) is 49.7 Å². The second kappa shape index (κ2) is 12.2. The van der Waals surface area contributed by atoms with Crippen LogP contribution in [0.4, 0.5) is 0 Å². The molecule has 0 saturated heterocycles. The van der Waals surface area contributed by atoms with Crippen LogP contribution >= 0.6 is 0 Å². The van der Waals surface area contributed by atoms with E-state index < -0.39 is 6.04 Å². The van der Waals surface area contributed by atoms with Crippen molar-refractivity contribution in [2.75, 3.05) is 0 Å². The molecule has 1 aliphatic rings. The number of fused-ring (bicyclic) bond motifs is 12. The first kappa shape index (κ1) is 28.7. The van der Waals surface area contributed by atoms with Crippen molar-refractivity contribution in [3.8, 4) is 44.8 Å². The molecule has 282 valence electrons. The predicted octanol–water partition coefficient (Wildman–Crippen LogP) is 15.4. The topological polar surface area (TPSA) is 23.0 Å². The van der Waals surface area contributed by atoms with Gasteiger partial charge in [0.05, 0.1) is 28.9 Å². The molecule has 9 aromatic carbocycles. The Labute approximate surface area is 354 Å². The molecule has 0 bridgehead atoms. The first-order valence-corrected chi connectivity index (χ1v) is 20.4. The van der Waals surface area contributed by atoms with Crippen molar-refractivity contribution in [2.24, 2.45) is 0 Å². The Bertz CT molecular complexity index is 4030. The lowest BCUT2D eigenvalue weighted by Crippen LogP contribution is -2.15. The number of para-hydroxylation sites is 2. The van der Waals surface area contributed by atoms with Crippen LogP contribution < -0.4 is 0 Å². The Morgan fingerprint density at radius 2 is 1.00 bits per heavy atom. The van der Waals surface area contributed by atoms with Crippen LogP contribution in [0.3, 0.4) is 0 Å². The average molecular weight is 772 g/mol. The molecule has 1 aliphatic carbocycles. The van der Waals surface area contributed by atoms with E-state index in [0.29, 0.717) is 22.1 Å². The summed E-state index contributed by atoms with van der Waals surface area (Å²) in [6.07, 6.45) is 0. The maximum atomic E-state index is 8.70. The molecule has 0 radical (unpaired) electrons. The number of rotatable bonds is 4. The van der Waals surface area contributed by atoms with Gasteiger partial charge in [0.15, 0.2) is 0 Å². The number of benzene rings is 9. The molecule has 0 amide bonds. The van der Waals surface area contributed by atoms with Gasteiger partial charge in [0, 0.05) is 55.2 Å². The highest BCUT2D eigenvalue weighted by Gasteiger charge is 2.35. The van der Waals surface area contributed by atoms with Gasteiger partial charge in [-0.2, -0.15) is 0 Å². The number of hydrogen-bond donors (Lipinski definition) is 0. The zero-order chi connectivity index (χ0) is 44.0. The summed E-state index contributed by atoms with van der Waals surface area (Å²) in [5, 5.41) is 6.20. The normalized spacial score (nSPS) is 14.5. The predicted molar refractivity (Wildman–Crippen MR) is 251 cm³/mol. The quantitative estimate of drug-likeness (QED) is 0.175. The van der Waals surface area contributed by atoms with Gasteiger partial charge in [-0.15, -0.1) is 0 Å². The maximum absolute atomic E-state index is 8.70. The van der Waals surface area contributed by atoms with Crippen LogP contribution in [0.1, 0.15) is 31.8 Å². The van der Waals surface area contributed by atoms with Crippen molar-refractivity contribution in [2.45, 2.75) is 19.3 Å². The molecule has 0 fully saturated rings. The SMILES string of the molecule is [2H]c1c([2H])c([2H])c(-c2cccc3oc4cc(-n5c6ccccc6c6cc(-c7ccc8c(c7)c7ccccc7n8-c7ccc8c(c7)C(C)(C)c7ccccc7-8)ccc65)ccc4c23)c([2H])c1[2H]. The molecule has 0 saturated carbocycles. The zero-order valence-corrected chi connectivity index (χ0v) is 32.9. The molecule has 3 heterocycles. The molecule has 0 atom stereocenters. The Morgan fingerprint density at radius 3 is 1.72 bits per heavy atom. The lowest BCUT2D eigenvalue weighted by molar-refractivity contribution is 0.660. The third kappa shape index (κ3) is 4.60. The molecule has 0 spiro atoms. The second-order valence-electron chi connectivity index (χ2n) is 16.5. The minimum atomic E-state index is -0.414. The Hall–Kier alpha value is -7.62. The standard InChI is InChI=1S/C57H38N2O/c1-57(2)48-19-9-6-15-41(48)42-27-25-38(33-49(42)57)58-50-20-10-7-16-43(50)46-31-36(23-29-52(46)58)37-24-30-53-47(32-37)44-17-8-11-21-51(44)59(53)39-26-28-45-55(34-39)60-54-22-12-18-40(56(45)54)35-13-4-3-5-14-35/h3-34H,1-2H3/i3D,4D,5D,13D,14D. The van der Waals surface area contributed by atoms with Gasteiger partial charge >= 0.3 is 0 Å². The maximum Gasteiger partial charge on any atom is 0.137 e. The van der Waals surface area contributed by atoms with Crippen LogP contribution in [-0.2, 0) is 5.41 Å². The van der Waals surface area contributed by atoms with E-state index in [1.165, 1.54) is 44.1 Å². The molecule has 3 nitrogen and oxygen atoms in total. The highest BCUT2D eigenvalue weighted by Crippen LogP contribution is 2.50. The fourth-order valence-corrected chi connectivity index (χ4v) is 10.2. The van der Waals surface area contributed by atoms with Crippen LogP contribution in [-0.4, -0.2) is 9.13 Å². The van der Waals surface area contributed by atoms with E-state index in [9.17, 15) is 0 Å². The summed E-state index contributed by atoms with van der Waals surface area (Å²) < 4.78 is 53.4. The van der Waals surface area contributed by atoms with Crippen molar-refractivity contribution < 1.29 is 11.3 Å². The lowest BCUT2D eigenvalue weighted by Gasteiger charge is -2.22. The molecule has 12 aromatic rings. The summed E-state index contributed by atoms with van der Waals surface area (Å²) >= 11 is 0. The highest BCUT2D eigenvalue weighted by atomic mass is 16.3. The summed E-state index contributed by atoms with van der Waals surface area (Å²) in [7, 11) is 0. The minimum absolute atomic E-state index is 0.0970. The van der Waals surface area contributed by atoms with Gasteiger partial charge < -0.3 is 13.6 Å². The molecule has 0 unspecified atom stereocenters. The number of furan rings is 1. The van der Waals surface area contributed by atoms with E-state index in [-0.39, 0.29) is 35.1 Å². The third-order valence-electron chi connectivity index (χ3n) is 13.0. The summed E-state index contributed by atoms with van der Waals surface area (Å²) in [5.74, 6) is 0. The monoisotopic (exact) mass is 771 g/mol. The fourth-order valence-electron chi connectivity index (χ4n) is 10.2. The Morgan fingerprint density at radius 1 is 0.417 bits per heavy atom. The molecule has 3 heteroatoms. The third-order valence-corrected chi connectivity index (χ3v) is 13.0. The lowest BCUT2D eigenvalue weighted by atomic mass is 9.82. The molecule has 13 rings (SSSR count). The van der Waals surface area contributed by atoms with E-state index >= 15 is 0 Å². The number of nitrogens with zero attached hydrogens (tertiary/aromatic N) is 2. The summed E-state index contributed by atoms with van der Waals surface area (Å²) in [6.45, 7) is 4.67. The van der Waals surface area contributed by atoms with Crippen LogP contribution in [0.15, 0.2) is 198 Å².